The van der Waals surface area contributed by atoms with Gasteiger partial charge in [0.2, 0.25) is 0 Å². The van der Waals surface area contributed by atoms with Crippen LogP contribution in [0.4, 0.5) is 0 Å². The van der Waals surface area contributed by atoms with Crippen LogP contribution < -0.4 is 10.5 Å². The summed E-state index contributed by atoms with van der Waals surface area (Å²) in [5, 5.41) is 4.83. The van der Waals surface area contributed by atoms with Crippen LogP contribution in [0.5, 0.6) is 5.75 Å². The predicted octanol–water partition coefficient (Wildman–Crippen LogP) is 2.43. The van der Waals surface area contributed by atoms with Crippen LogP contribution in [0.1, 0.15) is 17.3 Å². The van der Waals surface area contributed by atoms with Gasteiger partial charge >= 0.3 is 0 Å². The van der Waals surface area contributed by atoms with E-state index in [9.17, 15) is 0 Å². The molecular weight excluding hydrogens is 290 g/mol. The number of hydrogen-bond donors (Lipinski definition) is 1. The van der Waals surface area contributed by atoms with Crippen molar-refractivity contribution in [3.05, 3.63) is 46.7 Å². The molecule has 0 aliphatic rings. The van der Waals surface area contributed by atoms with Gasteiger partial charge in [-0.25, -0.2) is 0 Å². The van der Waals surface area contributed by atoms with E-state index in [1.807, 2.05) is 24.3 Å². The molecular formula is C15H20ClN3O2. The monoisotopic (exact) mass is 309 g/mol. The molecule has 0 spiro atoms. The first-order valence-electron chi connectivity index (χ1n) is 6.75. The van der Waals surface area contributed by atoms with E-state index >= 15 is 0 Å². The first-order chi connectivity index (χ1) is 10.2. The van der Waals surface area contributed by atoms with Crippen LogP contribution in [-0.2, 0) is 17.7 Å². The van der Waals surface area contributed by atoms with Crippen molar-refractivity contribution in [1.29, 1.82) is 0 Å². The summed E-state index contributed by atoms with van der Waals surface area (Å²) in [5.41, 5.74) is 8.19. The molecule has 21 heavy (non-hydrogen) atoms. The molecule has 0 aliphatic carbocycles. The van der Waals surface area contributed by atoms with Crippen LogP contribution in [0.25, 0.3) is 0 Å². The Hall–Kier alpha value is -1.56. The Morgan fingerprint density at radius 1 is 1.33 bits per heavy atom. The highest BCUT2D eigenvalue weighted by Crippen LogP contribution is 2.27. The van der Waals surface area contributed by atoms with E-state index in [4.69, 9.17) is 26.8 Å². The van der Waals surface area contributed by atoms with Gasteiger partial charge in [0, 0.05) is 7.11 Å². The summed E-state index contributed by atoms with van der Waals surface area (Å²) in [7, 11) is 3.31. The number of rotatable bonds is 7. The Labute approximate surface area is 129 Å². The summed E-state index contributed by atoms with van der Waals surface area (Å²) in [6.07, 6.45) is 2.25. The number of benzene rings is 1. The first-order valence-corrected chi connectivity index (χ1v) is 7.12. The molecule has 2 N–H and O–H groups in total. The Morgan fingerprint density at radius 2 is 2.10 bits per heavy atom. The maximum absolute atomic E-state index is 6.33. The molecule has 0 aliphatic heterocycles. The summed E-state index contributed by atoms with van der Waals surface area (Å²) in [6.45, 7) is 1.19. The molecule has 1 atom stereocenters. The van der Waals surface area contributed by atoms with Gasteiger partial charge in [-0.1, -0.05) is 29.8 Å². The fourth-order valence-electron chi connectivity index (χ4n) is 2.30. The highest BCUT2D eigenvalue weighted by atomic mass is 35.5. The second kappa shape index (κ2) is 7.45. The standard InChI is InChI=1S/C15H20ClN3O2/c1-20-8-7-19-15(12(16)10-18-19)13(17)9-11-5-3-4-6-14(11)21-2/h3-6,10,13H,7-9,17H2,1-2H3. The Balaban J connectivity index is 2.20. The lowest BCUT2D eigenvalue weighted by Gasteiger charge is -2.16. The SMILES string of the molecule is COCCn1ncc(Cl)c1C(N)Cc1ccccc1OC. The third-order valence-electron chi connectivity index (χ3n) is 3.32. The van der Waals surface area contributed by atoms with Gasteiger partial charge in [-0.15, -0.1) is 0 Å². The number of ether oxygens (including phenoxy) is 2. The second-order valence-corrected chi connectivity index (χ2v) is 5.12. The smallest absolute Gasteiger partial charge is 0.122 e. The van der Waals surface area contributed by atoms with Gasteiger partial charge in [0.25, 0.3) is 0 Å². The van der Waals surface area contributed by atoms with E-state index in [1.54, 1.807) is 25.1 Å². The van der Waals surface area contributed by atoms with Gasteiger partial charge in [0.1, 0.15) is 5.75 Å². The van der Waals surface area contributed by atoms with Gasteiger partial charge in [-0.05, 0) is 18.1 Å². The molecule has 1 aromatic heterocycles. The molecule has 2 aromatic rings. The van der Waals surface area contributed by atoms with Crippen LogP contribution >= 0.6 is 11.6 Å². The summed E-state index contributed by atoms with van der Waals surface area (Å²) in [5.74, 6) is 0.826. The maximum atomic E-state index is 6.33. The summed E-state index contributed by atoms with van der Waals surface area (Å²) in [4.78, 5) is 0. The Kier molecular flexibility index (Phi) is 5.61. The van der Waals surface area contributed by atoms with Crippen molar-refractivity contribution in [2.45, 2.75) is 19.0 Å². The van der Waals surface area contributed by atoms with Crippen molar-refractivity contribution in [3.8, 4) is 5.75 Å². The quantitative estimate of drug-likeness (QED) is 0.853. The number of aromatic nitrogens is 2. The topological polar surface area (TPSA) is 62.3 Å². The van der Waals surface area contributed by atoms with Gasteiger partial charge in [0.15, 0.2) is 0 Å². The van der Waals surface area contributed by atoms with Crippen molar-refractivity contribution >= 4 is 11.6 Å². The van der Waals surface area contributed by atoms with Crippen LogP contribution in [0, 0.1) is 0 Å². The normalized spacial score (nSPS) is 12.4. The van der Waals surface area contributed by atoms with E-state index in [-0.39, 0.29) is 6.04 Å². The van der Waals surface area contributed by atoms with Crippen molar-refractivity contribution in [2.24, 2.45) is 5.73 Å². The van der Waals surface area contributed by atoms with E-state index in [0.29, 0.717) is 24.6 Å². The largest absolute Gasteiger partial charge is 0.496 e. The minimum Gasteiger partial charge on any atom is -0.496 e. The zero-order valence-corrected chi connectivity index (χ0v) is 13.0. The lowest BCUT2D eigenvalue weighted by Crippen LogP contribution is -2.20. The number of methoxy groups -OCH3 is 2. The van der Waals surface area contributed by atoms with Crippen LogP contribution in [0.2, 0.25) is 5.02 Å². The third-order valence-corrected chi connectivity index (χ3v) is 3.62. The fraction of sp³-hybridized carbons (Fsp3) is 0.400. The molecule has 0 bridgehead atoms. The van der Waals surface area contributed by atoms with Crippen molar-refractivity contribution in [1.82, 2.24) is 9.78 Å². The van der Waals surface area contributed by atoms with E-state index < -0.39 is 0 Å². The summed E-state index contributed by atoms with van der Waals surface area (Å²) < 4.78 is 12.2. The van der Waals surface area contributed by atoms with Gasteiger partial charge in [-0.2, -0.15) is 5.10 Å². The zero-order valence-electron chi connectivity index (χ0n) is 12.3. The molecule has 1 heterocycles. The number of hydrogen-bond acceptors (Lipinski definition) is 4. The first kappa shape index (κ1) is 15.8. The minimum absolute atomic E-state index is 0.256. The number of para-hydroxylation sites is 1. The van der Waals surface area contributed by atoms with Crippen LogP contribution in [-0.4, -0.2) is 30.6 Å². The average molecular weight is 310 g/mol. The van der Waals surface area contributed by atoms with Crippen molar-refractivity contribution in [3.63, 3.8) is 0 Å². The molecule has 0 fully saturated rings. The molecule has 114 valence electrons. The highest BCUT2D eigenvalue weighted by Gasteiger charge is 2.18. The third kappa shape index (κ3) is 3.75. The Morgan fingerprint density at radius 3 is 2.81 bits per heavy atom. The van der Waals surface area contributed by atoms with Gasteiger partial charge in [0.05, 0.1) is 43.2 Å². The van der Waals surface area contributed by atoms with Crippen molar-refractivity contribution in [2.75, 3.05) is 20.8 Å². The van der Waals surface area contributed by atoms with Crippen molar-refractivity contribution < 1.29 is 9.47 Å². The predicted molar refractivity (Wildman–Crippen MR) is 82.7 cm³/mol. The molecule has 1 aromatic carbocycles. The molecule has 2 rings (SSSR count). The molecule has 0 radical (unpaired) electrons. The molecule has 0 saturated carbocycles. The second-order valence-electron chi connectivity index (χ2n) is 4.72. The van der Waals surface area contributed by atoms with E-state index in [0.717, 1.165) is 17.0 Å². The van der Waals surface area contributed by atoms with Gasteiger partial charge < -0.3 is 15.2 Å². The maximum Gasteiger partial charge on any atom is 0.122 e. The summed E-state index contributed by atoms with van der Waals surface area (Å²) >= 11 is 6.22. The van der Waals surface area contributed by atoms with E-state index in [2.05, 4.69) is 5.10 Å². The fourth-order valence-corrected chi connectivity index (χ4v) is 2.58. The lowest BCUT2D eigenvalue weighted by molar-refractivity contribution is 0.182. The molecule has 6 heteroatoms. The van der Waals surface area contributed by atoms with E-state index in [1.165, 1.54) is 0 Å². The zero-order chi connectivity index (χ0) is 15.2. The number of nitrogens with two attached hydrogens (primary N) is 1. The molecule has 0 amide bonds. The highest BCUT2D eigenvalue weighted by molar-refractivity contribution is 6.31. The molecule has 0 saturated heterocycles. The molecule has 5 nitrogen and oxygen atoms in total. The van der Waals surface area contributed by atoms with Crippen LogP contribution in [0.3, 0.4) is 0 Å². The summed E-state index contributed by atoms with van der Waals surface area (Å²) in [6, 6.07) is 7.57. The molecule has 1 unspecified atom stereocenters. The number of halogens is 1. The number of nitrogens with zero attached hydrogens (tertiary/aromatic N) is 2. The van der Waals surface area contributed by atoms with Crippen LogP contribution in [0.15, 0.2) is 30.5 Å². The van der Waals surface area contributed by atoms with Gasteiger partial charge in [-0.3, -0.25) is 4.68 Å². The lowest BCUT2D eigenvalue weighted by atomic mass is 10.0. The average Bonchev–Trinajstić information content (AvgIpc) is 2.86. The minimum atomic E-state index is -0.256. The Bertz CT molecular complexity index is 586.